The molecule has 5 nitrogen and oxygen atoms in total. The molecule has 1 heterocycles. The first kappa shape index (κ1) is 13.2. The van der Waals surface area contributed by atoms with E-state index in [0.717, 1.165) is 12.1 Å². The zero-order chi connectivity index (χ0) is 13.1. The predicted octanol–water partition coefficient (Wildman–Crippen LogP) is 1.40. The molecule has 0 radical (unpaired) electrons. The van der Waals surface area contributed by atoms with Gasteiger partial charge in [-0.15, -0.1) is 0 Å². The van der Waals surface area contributed by atoms with Gasteiger partial charge in [-0.25, -0.2) is 0 Å². The third kappa shape index (κ3) is 2.84. The summed E-state index contributed by atoms with van der Waals surface area (Å²) in [5.41, 5.74) is 0.526. The molecule has 1 unspecified atom stereocenters. The van der Waals surface area contributed by atoms with Crippen molar-refractivity contribution in [1.82, 2.24) is 15.1 Å². The number of amides is 1. The Morgan fingerprint density at radius 1 is 1.65 bits per heavy atom. The van der Waals surface area contributed by atoms with Crippen molar-refractivity contribution in [3.8, 4) is 6.07 Å². The first-order valence-corrected chi connectivity index (χ1v) is 5.72. The van der Waals surface area contributed by atoms with Gasteiger partial charge in [0.2, 0.25) is 0 Å². The predicted molar refractivity (Wildman–Crippen MR) is 64.4 cm³/mol. The molecular weight excluding hydrogens is 216 g/mol. The molecule has 0 saturated carbocycles. The molecular formula is C12H18N4O. The second kappa shape index (κ2) is 5.00. The van der Waals surface area contributed by atoms with Crippen molar-refractivity contribution in [3.05, 3.63) is 17.5 Å². The SMILES string of the molecule is CCc1cc(C(=O)NC(C)(C#N)CC)n(C)n1. The average molecular weight is 234 g/mol. The highest BCUT2D eigenvalue weighted by molar-refractivity contribution is 5.93. The van der Waals surface area contributed by atoms with Gasteiger partial charge in [-0.3, -0.25) is 9.48 Å². The number of aryl methyl sites for hydroxylation is 2. The minimum atomic E-state index is -0.826. The van der Waals surface area contributed by atoms with Crippen molar-refractivity contribution in [2.75, 3.05) is 0 Å². The van der Waals surface area contributed by atoms with Gasteiger partial charge in [0.25, 0.3) is 5.91 Å². The van der Waals surface area contributed by atoms with Crippen molar-refractivity contribution in [1.29, 1.82) is 5.26 Å². The van der Waals surface area contributed by atoms with Crippen LogP contribution in [0.4, 0.5) is 0 Å². The van der Waals surface area contributed by atoms with E-state index < -0.39 is 5.54 Å². The Morgan fingerprint density at radius 3 is 2.71 bits per heavy atom. The van der Waals surface area contributed by atoms with E-state index in [-0.39, 0.29) is 5.91 Å². The maximum absolute atomic E-state index is 12.0. The lowest BCUT2D eigenvalue weighted by molar-refractivity contribution is 0.0913. The highest BCUT2D eigenvalue weighted by atomic mass is 16.2. The van der Waals surface area contributed by atoms with Gasteiger partial charge >= 0.3 is 0 Å². The molecule has 0 saturated heterocycles. The largest absolute Gasteiger partial charge is 0.333 e. The Balaban J connectivity index is 2.91. The van der Waals surface area contributed by atoms with Crippen LogP contribution in [0.1, 0.15) is 43.4 Å². The normalized spacial score (nSPS) is 13.8. The molecule has 0 bridgehead atoms. The number of carbonyl (C=O) groups is 1. The first-order chi connectivity index (χ1) is 7.95. The lowest BCUT2D eigenvalue weighted by Crippen LogP contribution is -2.44. The maximum atomic E-state index is 12.0. The topological polar surface area (TPSA) is 70.7 Å². The zero-order valence-corrected chi connectivity index (χ0v) is 10.7. The van der Waals surface area contributed by atoms with Gasteiger partial charge in [-0.05, 0) is 25.8 Å². The van der Waals surface area contributed by atoms with Crippen LogP contribution in [0.25, 0.3) is 0 Å². The summed E-state index contributed by atoms with van der Waals surface area (Å²) in [6.45, 7) is 5.56. The highest BCUT2D eigenvalue weighted by Gasteiger charge is 2.25. The summed E-state index contributed by atoms with van der Waals surface area (Å²) < 4.78 is 1.54. The standard InChI is InChI=1S/C12H18N4O/c1-5-9-7-10(16(4)15-9)11(17)14-12(3,6-2)8-13/h7H,5-6H2,1-4H3,(H,14,17). The first-order valence-electron chi connectivity index (χ1n) is 5.72. The van der Waals surface area contributed by atoms with Crippen LogP contribution >= 0.6 is 0 Å². The summed E-state index contributed by atoms with van der Waals surface area (Å²) in [4.78, 5) is 12.0. The van der Waals surface area contributed by atoms with Crippen molar-refractivity contribution >= 4 is 5.91 Å². The molecule has 1 amide bonds. The molecule has 0 aliphatic carbocycles. The quantitative estimate of drug-likeness (QED) is 0.856. The van der Waals surface area contributed by atoms with E-state index in [1.54, 1.807) is 24.7 Å². The Bertz CT molecular complexity index is 458. The molecule has 1 atom stereocenters. The van der Waals surface area contributed by atoms with Gasteiger partial charge in [0.15, 0.2) is 0 Å². The fraction of sp³-hybridized carbons (Fsp3) is 0.583. The van der Waals surface area contributed by atoms with Gasteiger partial charge in [0.1, 0.15) is 11.2 Å². The molecule has 1 N–H and O–H groups in total. The fourth-order valence-electron chi connectivity index (χ4n) is 1.42. The van der Waals surface area contributed by atoms with Crippen LogP contribution in [-0.4, -0.2) is 21.2 Å². The molecule has 1 aromatic rings. The summed E-state index contributed by atoms with van der Waals surface area (Å²) in [5.74, 6) is -0.259. The molecule has 1 aromatic heterocycles. The maximum Gasteiger partial charge on any atom is 0.270 e. The number of carbonyl (C=O) groups excluding carboxylic acids is 1. The zero-order valence-electron chi connectivity index (χ0n) is 10.7. The van der Waals surface area contributed by atoms with Crippen LogP contribution in [0.2, 0.25) is 0 Å². The molecule has 0 aromatic carbocycles. The van der Waals surface area contributed by atoms with Crippen molar-refractivity contribution in [3.63, 3.8) is 0 Å². The molecule has 0 aliphatic rings. The van der Waals surface area contributed by atoms with Crippen LogP contribution < -0.4 is 5.32 Å². The third-order valence-corrected chi connectivity index (χ3v) is 2.87. The van der Waals surface area contributed by atoms with Gasteiger partial charge in [0, 0.05) is 7.05 Å². The van der Waals surface area contributed by atoms with Crippen molar-refractivity contribution < 1.29 is 4.79 Å². The van der Waals surface area contributed by atoms with E-state index in [2.05, 4.69) is 16.5 Å². The summed E-state index contributed by atoms with van der Waals surface area (Å²) in [7, 11) is 1.73. The summed E-state index contributed by atoms with van der Waals surface area (Å²) in [5, 5.41) is 15.9. The van der Waals surface area contributed by atoms with Crippen molar-refractivity contribution in [2.45, 2.75) is 39.2 Å². The Labute approximate surface area is 101 Å². The second-order valence-electron chi connectivity index (χ2n) is 4.25. The van der Waals surface area contributed by atoms with E-state index in [1.807, 2.05) is 13.8 Å². The molecule has 0 aliphatic heterocycles. The van der Waals surface area contributed by atoms with Crippen LogP contribution in [-0.2, 0) is 13.5 Å². The molecule has 0 spiro atoms. The fourth-order valence-corrected chi connectivity index (χ4v) is 1.42. The number of rotatable bonds is 4. The molecule has 92 valence electrons. The van der Waals surface area contributed by atoms with Gasteiger partial charge in [-0.2, -0.15) is 10.4 Å². The van der Waals surface area contributed by atoms with Crippen LogP contribution in [0.15, 0.2) is 6.07 Å². The number of aromatic nitrogens is 2. The highest BCUT2D eigenvalue weighted by Crippen LogP contribution is 2.10. The van der Waals surface area contributed by atoms with E-state index in [4.69, 9.17) is 5.26 Å². The minimum Gasteiger partial charge on any atom is -0.333 e. The molecule has 5 heteroatoms. The minimum absolute atomic E-state index is 0.259. The molecule has 17 heavy (non-hydrogen) atoms. The van der Waals surface area contributed by atoms with Gasteiger partial charge < -0.3 is 5.32 Å². The number of nitriles is 1. The van der Waals surface area contributed by atoms with E-state index in [9.17, 15) is 4.79 Å². The third-order valence-electron chi connectivity index (χ3n) is 2.87. The van der Waals surface area contributed by atoms with Gasteiger partial charge in [0.05, 0.1) is 11.8 Å². The average Bonchev–Trinajstić information content (AvgIpc) is 2.70. The monoisotopic (exact) mass is 234 g/mol. The number of hydrogen-bond donors (Lipinski definition) is 1. The van der Waals surface area contributed by atoms with Crippen LogP contribution in [0.5, 0.6) is 0 Å². The lowest BCUT2D eigenvalue weighted by Gasteiger charge is -2.20. The number of nitrogens with zero attached hydrogens (tertiary/aromatic N) is 3. The van der Waals surface area contributed by atoms with Crippen LogP contribution in [0, 0.1) is 11.3 Å². The Hall–Kier alpha value is -1.83. The van der Waals surface area contributed by atoms with Gasteiger partial charge in [-0.1, -0.05) is 13.8 Å². The lowest BCUT2D eigenvalue weighted by atomic mass is 10.0. The molecule has 1 rings (SSSR count). The van der Waals surface area contributed by atoms with E-state index in [0.29, 0.717) is 12.1 Å². The second-order valence-corrected chi connectivity index (χ2v) is 4.25. The summed E-state index contributed by atoms with van der Waals surface area (Å²) in [6.07, 6.45) is 1.35. The van der Waals surface area contributed by atoms with E-state index in [1.165, 1.54) is 0 Å². The summed E-state index contributed by atoms with van der Waals surface area (Å²) >= 11 is 0. The Morgan fingerprint density at radius 2 is 2.29 bits per heavy atom. The number of nitrogens with one attached hydrogen (secondary N) is 1. The van der Waals surface area contributed by atoms with E-state index >= 15 is 0 Å². The molecule has 0 fully saturated rings. The smallest absolute Gasteiger partial charge is 0.270 e. The van der Waals surface area contributed by atoms with Crippen LogP contribution in [0.3, 0.4) is 0 Å². The Kier molecular flexibility index (Phi) is 3.89. The summed E-state index contributed by atoms with van der Waals surface area (Å²) in [6, 6.07) is 3.86. The number of hydrogen-bond acceptors (Lipinski definition) is 3. The van der Waals surface area contributed by atoms with Crippen molar-refractivity contribution in [2.24, 2.45) is 7.05 Å².